The van der Waals surface area contributed by atoms with Gasteiger partial charge in [0.15, 0.2) is 0 Å². The molecular weight excluding hydrogens is 1520 g/mol. The smallest absolute Gasteiger partial charge is 0.297 e. The van der Waals surface area contributed by atoms with Gasteiger partial charge in [-0.05, 0) is 177 Å². The van der Waals surface area contributed by atoms with Gasteiger partial charge >= 0.3 is 0 Å². The highest BCUT2D eigenvalue weighted by Crippen LogP contribution is 2.38. The summed E-state index contributed by atoms with van der Waals surface area (Å²) in [7, 11) is 0. The lowest BCUT2D eigenvalue weighted by molar-refractivity contribution is 0.0606. The van der Waals surface area contributed by atoms with Crippen LogP contribution in [-0.2, 0) is 19.6 Å². The quantitative estimate of drug-likeness (QED) is 0.0473. The number of hydrogen-bond acceptors (Lipinski definition) is 17. The van der Waals surface area contributed by atoms with Crippen LogP contribution in [0.5, 0.6) is 0 Å². The number of aromatic nitrogens is 6. The molecule has 0 aliphatic carbocycles. The number of aryl methyl sites for hydroxylation is 3. The minimum atomic E-state index is -0.754. The van der Waals surface area contributed by atoms with Crippen molar-refractivity contribution in [2.75, 3.05) is 39.3 Å². The second-order valence-corrected chi connectivity index (χ2v) is 30.2. The number of amides is 3. The average Bonchev–Trinajstić information content (AvgIpc) is 1.64. The summed E-state index contributed by atoms with van der Waals surface area (Å²) in [5.74, 6) is -1.47. The molecule has 23 nitrogen and oxygen atoms in total. The first-order valence-corrected chi connectivity index (χ1v) is 38.6. The normalized spacial score (nSPS) is 12.4. The van der Waals surface area contributed by atoms with Crippen LogP contribution in [0.3, 0.4) is 0 Å². The van der Waals surface area contributed by atoms with Crippen LogP contribution in [0, 0.1) is 61.8 Å². The van der Waals surface area contributed by atoms with Crippen molar-refractivity contribution in [3.63, 3.8) is 0 Å². The van der Waals surface area contributed by atoms with Gasteiger partial charge in [0, 0.05) is 77.1 Å². The lowest BCUT2D eigenvalue weighted by Gasteiger charge is -2.35. The summed E-state index contributed by atoms with van der Waals surface area (Å²) in [5.41, 5.74) is 22.8. The van der Waals surface area contributed by atoms with Gasteiger partial charge in [-0.2, -0.15) is 0 Å². The van der Waals surface area contributed by atoms with Crippen LogP contribution in [0.25, 0.3) is 66.2 Å². The molecule has 8 aromatic heterocycles. The number of carbonyl (C=O) groups is 3. The molecule has 3 atom stereocenters. The van der Waals surface area contributed by atoms with E-state index in [0.717, 1.165) is 16.7 Å². The first-order valence-electron chi connectivity index (χ1n) is 38.2. The summed E-state index contributed by atoms with van der Waals surface area (Å²) >= 11 is 6.07. The third kappa shape index (κ3) is 17.2. The predicted molar refractivity (Wildman–Crippen MR) is 440 cm³/mol. The molecule has 8 heterocycles. The molecule has 15 rings (SSSR count). The van der Waals surface area contributed by atoms with Gasteiger partial charge in [0.1, 0.15) is 85.6 Å². The molecule has 117 heavy (non-hydrogen) atoms. The first-order chi connectivity index (χ1) is 56.1. The van der Waals surface area contributed by atoms with Crippen molar-refractivity contribution < 1.29 is 54.0 Å². The van der Waals surface area contributed by atoms with Crippen molar-refractivity contribution in [1.29, 1.82) is 0 Å². The van der Waals surface area contributed by atoms with Crippen LogP contribution in [0.2, 0.25) is 5.02 Å². The predicted octanol–water partition coefficient (Wildman–Crippen LogP) is 16.3. The maximum Gasteiger partial charge on any atom is 0.297 e. The SMILES string of the molecule is Cc1ccc(C(=O)N(CCN)[C@@H](c2nc3c(oc4ccc(F)cc43)c(=O)n2Cc2ccco2)C(C)C)cc1.Cc1ccc(C(=O)N(CCN)[C@@H](c2nc3c(oc4ccc(F)cc43)c(=O)n2Cc2ccco2)C(C)C)cc1F.Cc1ccc(Cn2c([C@@H](C(C)C)N(CCN)C(=O)c3ccc(Cl)cc3)nc3c(oc4ccc(F)cc43)c2=O)cc1. The maximum atomic E-state index is 14.4. The largest absolute Gasteiger partial charge is 0.467 e. The molecule has 0 aliphatic heterocycles. The molecule has 0 unspecified atom stereocenters. The molecule has 0 fully saturated rings. The average molecular weight is 1610 g/mol. The van der Waals surface area contributed by atoms with Crippen LogP contribution in [0.15, 0.2) is 219 Å². The molecule has 604 valence electrons. The zero-order valence-corrected chi connectivity index (χ0v) is 66.5. The molecule has 0 bridgehead atoms. The molecule has 0 aliphatic rings. The highest BCUT2D eigenvalue weighted by atomic mass is 35.5. The van der Waals surface area contributed by atoms with Gasteiger partial charge in [-0.3, -0.25) is 42.5 Å². The Labute approximate surface area is 673 Å². The lowest BCUT2D eigenvalue weighted by atomic mass is 9.99. The van der Waals surface area contributed by atoms with E-state index < -0.39 is 64.0 Å². The molecule has 15 aromatic rings. The highest BCUT2D eigenvalue weighted by molar-refractivity contribution is 6.30. The van der Waals surface area contributed by atoms with E-state index in [1.807, 2.05) is 91.8 Å². The minimum absolute atomic E-state index is 0.0126. The zero-order chi connectivity index (χ0) is 83.4. The fourth-order valence-electron chi connectivity index (χ4n) is 14.7. The Morgan fingerprint density at radius 3 is 1.09 bits per heavy atom. The highest BCUT2D eigenvalue weighted by Gasteiger charge is 2.38. The summed E-state index contributed by atoms with van der Waals surface area (Å²) in [5, 5.41) is 1.64. The maximum absolute atomic E-state index is 14.4. The molecule has 6 N–H and O–H groups in total. The lowest BCUT2D eigenvalue weighted by Crippen LogP contribution is -2.43. The van der Waals surface area contributed by atoms with Gasteiger partial charge in [0.25, 0.3) is 34.4 Å². The van der Waals surface area contributed by atoms with Gasteiger partial charge in [-0.15, -0.1) is 0 Å². The van der Waals surface area contributed by atoms with E-state index >= 15 is 0 Å². The van der Waals surface area contributed by atoms with Crippen molar-refractivity contribution >= 4 is 95.5 Å². The van der Waals surface area contributed by atoms with Crippen LogP contribution < -0.4 is 33.9 Å². The van der Waals surface area contributed by atoms with Gasteiger partial charge in [0.05, 0.1) is 50.3 Å². The Balaban J connectivity index is 0.000000152. The summed E-state index contributed by atoms with van der Waals surface area (Å²) < 4.78 is 90.0. The molecular formula is C89H87ClF4N12O11. The molecule has 0 saturated heterocycles. The molecule has 0 radical (unpaired) electrons. The summed E-state index contributed by atoms with van der Waals surface area (Å²) in [6.07, 6.45) is 3.02. The van der Waals surface area contributed by atoms with E-state index in [4.69, 9.17) is 65.8 Å². The summed E-state index contributed by atoms with van der Waals surface area (Å²) in [6, 6.07) is 43.0. The number of fused-ring (bicyclic) bond motifs is 9. The van der Waals surface area contributed by atoms with Gasteiger partial charge in [-0.25, -0.2) is 32.5 Å². The second-order valence-electron chi connectivity index (χ2n) is 29.8. The van der Waals surface area contributed by atoms with E-state index in [2.05, 4.69) is 0 Å². The summed E-state index contributed by atoms with van der Waals surface area (Å²) in [4.78, 5) is 103. The number of furan rings is 5. The fourth-order valence-corrected chi connectivity index (χ4v) is 14.8. The van der Waals surface area contributed by atoms with Crippen molar-refractivity contribution in [1.82, 2.24) is 43.4 Å². The molecule has 3 amide bonds. The fraction of sp³-hybridized carbons (Fsp3) is 0.270. The Morgan fingerprint density at radius 2 is 0.761 bits per heavy atom. The van der Waals surface area contributed by atoms with Gasteiger partial charge in [-0.1, -0.05) is 107 Å². The second kappa shape index (κ2) is 35.3. The van der Waals surface area contributed by atoms with Crippen LogP contribution in [0.1, 0.15) is 142 Å². The van der Waals surface area contributed by atoms with E-state index in [0.29, 0.717) is 77.8 Å². The Bertz CT molecular complexity index is 6340. The van der Waals surface area contributed by atoms with Gasteiger partial charge < -0.3 is 54.0 Å². The van der Waals surface area contributed by atoms with E-state index in [9.17, 15) is 46.3 Å². The molecule has 0 saturated carbocycles. The number of benzene rings is 7. The number of rotatable bonds is 24. The number of carbonyl (C=O) groups excluding carboxylic acids is 3. The van der Waals surface area contributed by atoms with Crippen LogP contribution in [0.4, 0.5) is 17.6 Å². The van der Waals surface area contributed by atoms with Crippen molar-refractivity contribution in [2.45, 2.75) is 100 Å². The topological polar surface area (TPSA) is 309 Å². The molecule has 7 aromatic carbocycles. The molecule has 28 heteroatoms. The van der Waals surface area contributed by atoms with Gasteiger partial charge in [0.2, 0.25) is 16.7 Å². The Morgan fingerprint density at radius 1 is 0.427 bits per heavy atom. The third-order valence-corrected chi connectivity index (χ3v) is 20.6. The first kappa shape index (κ1) is 82.4. The third-order valence-electron chi connectivity index (χ3n) is 20.3. The Hall–Kier alpha value is -12.6. The number of hydrogen-bond donors (Lipinski definition) is 3. The van der Waals surface area contributed by atoms with Crippen molar-refractivity contribution in [3.05, 3.63) is 310 Å². The van der Waals surface area contributed by atoms with E-state index in [-0.39, 0.29) is 133 Å². The van der Waals surface area contributed by atoms with E-state index in [1.54, 1.807) is 88.0 Å². The number of halogens is 5. The molecule has 0 spiro atoms. The Kier molecular flexibility index (Phi) is 24.8. The van der Waals surface area contributed by atoms with Crippen LogP contribution in [-0.4, -0.2) is 100 Å². The monoisotopic (exact) mass is 1610 g/mol. The van der Waals surface area contributed by atoms with Crippen molar-refractivity contribution in [3.8, 4) is 0 Å². The minimum Gasteiger partial charge on any atom is -0.467 e. The summed E-state index contributed by atoms with van der Waals surface area (Å²) in [6.45, 7) is 18.6. The number of nitrogens with zero attached hydrogens (tertiary/aromatic N) is 9. The van der Waals surface area contributed by atoms with E-state index in [1.165, 1.54) is 93.3 Å². The number of nitrogens with two attached hydrogens (primary N) is 3. The van der Waals surface area contributed by atoms with Crippen LogP contribution >= 0.6 is 11.6 Å². The zero-order valence-electron chi connectivity index (χ0n) is 65.8. The standard InChI is InChI=1S/C31H30ClFN4O3.C29H28F2N4O4.C29H29FN4O4/c1-18(2)27(36(15-14-34)30(38)21-8-10-22(32)11-9-21)29-35-26-24-16-23(33)12-13-25(24)40-28(26)31(39)37(29)17-20-6-4-19(3)5-7-20;1-16(2)25(34(11-10-32)28(36)18-7-6-17(3)22(31)13-18)27-33-24-21-14-19(30)8-9-23(21)39-26(24)29(37)35(27)15-20-5-4-12-38-20;1-17(2)25(33(13-12-31)28(35)19-8-6-18(3)7-9-19)27-32-24-22-15-20(30)10-11-23(22)38-26(24)29(36)34(27)16-21-5-4-14-37-21/h4-13,16,18,27H,14-15,17,34H2,1-3H3;4-9,12-14,16,25H,10-11,15,32H2,1-3H3;4-11,14-15,17,25H,12-13,16,31H2,1-3H3/t27-;2*25-/m111/s1. The van der Waals surface area contributed by atoms with Crippen molar-refractivity contribution in [2.24, 2.45) is 35.0 Å².